The third kappa shape index (κ3) is 1.50. The van der Waals surface area contributed by atoms with Gasteiger partial charge in [0.2, 0.25) is 0 Å². The summed E-state index contributed by atoms with van der Waals surface area (Å²) in [4.78, 5) is 0. The van der Waals surface area contributed by atoms with E-state index in [1.54, 1.807) is 36.5 Å². The second-order valence-corrected chi connectivity index (χ2v) is 5.22. The first kappa shape index (κ1) is 13.9. The van der Waals surface area contributed by atoms with Gasteiger partial charge in [-0.2, -0.15) is 21.0 Å². The molecular formula is C15H9ClN4. The summed E-state index contributed by atoms with van der Waals surface area (Å²) in [5, 5.41) is 37.2. The van der Waals surface area contributed by atoms with Gasteiger partial charge in [-0.25, -0.2) is 0 Å². The molecule has 0 saturated heterocycles. The number of rotatable bonds is 0. The fourth-order valence-electron chi connectivity index (χ4n) is 2.84. The first-order valence-electron chi connectivity index (χ1n) is 5.94. The number of nitrogens with zero attached hydrogens (tertiary/aromatic N) is 4. The summed E-state index contributed by atoms with van der Waals surface area (Å²) in [7, 11) is 0. The summed E-state index contributed by atoms with van der Waals surface area (Å²) >= 11 is 6.02. The molecule has 2 aliphatic carbocycles. The fraction of sp³-hybridized carbons (Fsp3) is 0.333. The Morgan fingerprint density at radius 3 is 1.65 bits per heavy atom. The van der Waals surface area contributed by atoms with Crippen LogP contribution in [-0.2, 0) is 0 Å². The van der Waals surface area contributed by atoms with Gasteiger partial charge < -0.3 is 0 Å². The highest BCUT2D eigenvalue weighted by Gasteiger charge is 2.74. The van der Waals surface area contributed by atoms with Crippen LogP contribution in [-0.4, -0.2) is 5.38 Å². The van der Waals surface area contributed by atoms with E-state index in [0.29, 0.717) is 0 Å². The van der Waals surface area contributed by atoms with Crippen LogP contribution in [0.25, 0.3) is 0 Å². The lowest BCUT2D eigenvalue weighted by molar-refractivity contribution is 0.00685. The van der Waals surface area contributed by atoms with Crippen LogP contribution < -0.4 is 0 Å². The molecule has 0 bridgehead atoms. The molecule has 96 valence electrons. The number of alkyl halides is 1. The van der Waals surface area contributed by atoms with Crippen LogP contribution in [0.3, 0.4) is 0 Å². The van der Waals surface area contributed by atoms with Crippen LogP contribution in [0, 0.1) is 68.0 Å². The maximum Gasteiger partial charge on any atom is 0.182 e. The van der Waals surface area contributed by atoms with Crippen molar-refractivity contribution < 1.29 is 0 Å². The summed E-state index contributed by atoms with van der Waals surface area (Å²) < 4.78 is 0. The lowest BCUT2D eigenvalue weighted by Crippen LogP contribution is -2.62. The van der Waals surface area contributed by atoms with Gasteiger partial charge in [-0.1, -0.05) is 36.5 Å². The third-order valence-electron chi connectivity index (χ3n) is 3.94. The molecular weight excluding hydrogens is 272 g/mol. The zero-order valence-corrected chi connectivity index (χ0v) is 11.1. The molecule has 1 saturated carbocycles. The number of hydrogen-bond donors (Lipinski definition) is 0. The Labute approximate surface area is 122 Å². The van der Waals surface area contributed by atoms with Gasteiger partial charge in [-0.05, 0) is 0 Å². The minimum atomic E-state index is -1.66. The first-order valence-corrected chi connectivity index (χ1v) is 6.38. The van der Waals surface area contributed by atoms with Crippen LogP contribution in [0.4, 0.5) is 0 Å². The topological polar surface area (TPSA) is 95.2 Å². The van der Waals surface area contributed by atoms with Crippen LogP contribution >= 0.6 is 11.6 Å². The number of fused-ring (bicyclic) bond motifs is 1. The van der Waals surface area contributed by atoms with Gasteiger partial charge in [-0.15, -0.1) is 11.6 Å². The van der Waals surface area contributed by atoms with Gasteiger partial charge in [0.25, 0.3) is 0 Å². The standard InChI is InChI=1S/C15H9ClN4/c16-11-3-1-2-4-12-13(6-5-11)15(9-19,10-20)14(12,7-17)8-18/h1-6,11-13H/b3-1-,4-2-,6-5-/t11-,12+,13+/m1/s1. The molecule has 0 spiro atoms. The molecule has 20 heavy (non-hydrogen) atoms. The van der Waals surface area contributed by atoms with Gasteiger partial charge >= 0.3 is 0 Å². The number of allylic oxidation sites excluding steroid dienone is 6. The zero-order chi connectivity index (χ0) is 14.8. The molecule has 0 aromatic rings. The Kier molecular flexibility index (Phi) is 3.38. The lowest BCUT2D eigenvalue weighted by atomic mass is 9.39. The van der Waals surface area contributed by atoms with Gasteiger partial charge in [0, 0.05) is 11.8 Å². The highest BCUT2D eigenvalue weighted by Crippen LogP contribution is 2.65. The second kappa shape index (κ2) is 4.86. The largest absolute Gasteiger partial charge is 0.196 e. The molecule has 5 heteroatoms. The number of nitriles is 4. The maximum absolute atomic E-state index is 9.39. The summed E-state index contributed by atoms with van der Waals surface area (Å²) in [5.74, 6) is -1.02. The Hall–Kier alpha value is -2.53. The van der Waals surface area contributed by atoms with E-state index < -0.39 is 22.7 Å². The molecule has 3 atom stereocenters. The first-order chi connectivity index (χ1) is 9.61. The Morgan fingerprint density at radius 2 is 1.15 bits per heavy atom. The molecule has 4 nitrogen and oxygen atoms in total. The third-order valence-corrected chi connectivity index (χ3v) is 4.23. The number of halogens is 1. The van der Waals surface area contributed by atoms with Crippen molar-refractivity contribution in [3.8, 4) is 24.3 Å². The van der Waals surface area contributed by atoms with Crippen LogP contribution in [0.5, 0.6) is 0 Å². The summed E-state index contributed by atoms with van der Waals surface area (Å²) in [6.45, 7) is 0. The quantitative estimate of drug-likeness (QED) is 0.503. The number of hydrogen-bond acceptors (Lipinski definition) is 4. The van der Waals surface area contributed by atoms with Gasteiger partial charge in [-0.3, -0.25) is 0 Å². The molecule has 0 aliphatic heterocycles. The van der Waals surface area contributed by atoms with Gasteiger partial charge in [0.05, 0.1) is 29.7 Å². The van der Waals surface area contributed by atoms with E-state index in [4.69, 9.17) is 11.6 Å². The highest BCUT2D eigenvalue weighted by molar-refractivity contribution is 6.23. The van der Waals surface area contributed by atoms with Crippen molar-refractivity contribution in [2.24, 2.45) is 22.7 Å². The van der Waals surface area contributed by atoms with Gasteiger partial charge in [0.15, 0.2) is 10.8 Å². The minimum Gasteiger partial charge on any atom is -0.196 e. The SMILES string of the molecule is N#CC1(C#N)[C@H]2/C=C\C=C/[C@@H](Cl)/C=C\[C@@H]2C1(C#N)C#N. The average Bonchev–Trinajstić information content (AvgIpc) is 2.54. The van der Waals surface area contributed by atoms with Crippen LogP contribution in [0.15, 0.2) is 36.5 Å². The zero-order valence-electron chi connectivity index (χ0n) is 10.4. The summed E-state index contributed by atoms with van der Waals surface area (Å²) in [6, 6.07) is 7.55. The predicted molar refractivity (Wildman–Crippen MR) is 71.4 cm³/mol. The monoisotopic (exact) mass is 280 g/mol. The van der Waals surface area contributed by atoms with Crippen LogP contribution in [0.2, 0.25) is 0 Å². The average molecular weight is 281 g/mol. The predicted octanol–water partition coefficient (Wildman–Crippen LogP) is 2.59. The van der Waals surface area contributed by atoms with Crippen molar-refractivity contribution in [2.75, 3.05) is 0 Å². The molecule has 0 N–H and O–H groups in total. The molecule has 0 aromatic heterocycles. The van der Waals surface area contributed by atoms with E-state index in [2.05, 4.69) is 0 Å². The van der Waals surface area contributed by atoms with Crippen molar-refractivity contribution in [1.29, 1.82) is 21.0 Å². The normalized spacial score (nSPS) is 36.5. The molecule has 2 aliphatic rings. The molecule has 0 heterocycles. The van der Waals surface area contributed by atoms with E-state index in [1.165, 1.54) is 0 Å². The van der Waals surface area contributed by atoms with Crippen LogP contribution in [0.1, 0.15) is 0 Å². The van der Waals surface area contributed by atoms with E-state index in [-0.39, 0.29) is 5.38 Å². The summed E-state index contributed by atoms with van der Waals surface area (Å²) in [5.41, 5.74) is -3.31. The smallest absolute Gasteiger partial charge is 0.182 e. The van der Waals surface area contributed by atoms with Crippen molar-refractivity contribution in [3.05, 3.63) is 36.5 Å². The highest BCUT2D eigenvalue weighted by atomic mass is 35.5. The Balaban J connectivity index is 2.63. The Bertz CT molecular complexity index is 647. The molecule has 0 amide bonds. The molecule has 0 radical (unpaired) electrons. The minimum absolute atomic E-state index is 0.354. The lowest BCUT2D eigenvalue weighted by Gasteiger charge is -2.53. The van der Waals surface area contributed by atoms with E-state index in [1.807, 2.05) is 24.3 Å². The van der Waals surface area contributed by atoms with Gasteiger partial charge in [0.1, 0.15) is 0 Å². The van der Waals surface area contributed by atoms with E-state index in [0.717, 1.165) is 0 Å². The summed E-state index contributed by atoms with van der Waals surface area (Å²) in [6.07, 6.45) is 10.2. The molecule has 0 aromatic carbocycles. The van der Waals surface area contributed by atoms with Crippen molar-refractivity contribution in [1.82, 2.24) is 0 Å². The van der Waals surface area contributed by atoms with Crippen molar-refractivity contribution in [3.63, 3.8) is 0 Å². The Morgan fingerprint density at radius 1 is 0.700 bits per heavy atom. The van der Waals surface area contributed by atoms with Crippen molar-refractivity contribution in [2.45, 2.75) is 5.38 Å². The second-order valence-electron chi connectivity index (χ2n) is 4.71. The molecule has 2 rings (SSSR count). The van der Waals surface area contributed by atoms with E-state index in [9.17, 15) is 21.0 Å². The fourth-order valence-corrected chi connectivity index (χ4v) is 3.01. The molecule has 1 fully saturated rings. The van der Waals surface area contributed by atoms with Crippen molar-refractivity contribution >= 4 is 11.6 Å². The van der Waals surface area contributed by atoms with E-state index >= 15 is 0 Å². The maximum atomic E-state index is 9.39. The molecule has 0 unspecified atom stereocenters.